The second-order valence-corrected chi connectivity index (χ2v) is 7.85. The van der Waals surface area contributed by atoms with Crippen molar-refractivity contribution in [2.45, 2.75) is 6.42 Å². The molecule has 6 nitrogen and oxygen atoms in total. The second-order valence-electron chi connectivity index (χ2n) is 6.15. The number of anilines is 1. The summed E-state index contributed by atoms with van der Waals surface area (Å²) in [5.74, 6) is 0.393. The Labute approximate surface area is 186 Å². The van der Waals surface area contributed by atoms with Crippen LogP contribution in [0.5, 0.6) is 11.6 Å². The van der Waals surface area contributed by atoms with E-state index in [9.17, 15) is 4.79 Å². The first kappa shape index (κ1) is 20.3. The summed E-state index contributed by atoms with van der Waals surface area (Å²) in [6.07, 6.45) is 5.01. The van der Waals surface area contributed by atoms with Crippen LogP contribution in [0.15, 0.2) is 66.4 Å². The number of hydrogen-bond acceptors (Lipinski definition) is 6. The molecular weight excluding hydrogens is 443 g/mol. The number of carbonyl (C=O) groups is 1. The van der Waals surface area contributed by atoms with E-state index < -0.39 is 0 Å². The highest BCUT2D eigenvalue weighted by Gasteiger charge is 2.13. The normalized spacial score (nSPS) is 10.6. The van der Waals surface area contributed by atoms with Crippen molar-refractivity contribution in [3.8, 4) is 22.2 Å². The van der Waals surface area contributed by atoms with Gasteiger partial charge in [-0.1, -0.05) is 35.3 Å². The number of pyridine rings is 2. The van der Waals surface area contributed by atoms with Crippen molar-refractivity contribution in [2.24, 2.45) is 0 Å². The summed E-state index contributed by atoms with van der Waals surface area (Å²) in [6, 6.07) is 12.3. The monoisotopic (exact) mass is 456 g/mol. The fourth-order valence-corrected chi connectivity index (χ4v) is 3.84. The molecule has 0 bridgehead atoms. The minimum Gasteiger partial charge on any atom is -0.435 e. The maximum Gasteiger partial charge on any atom is 0.238 e. The van der Waals surface area contributed by atoms with Gasteiger partial charge in [0, 0.05) is 29.5 Å². The number of halogens is 2. The average Bonchev–Trinajstić information content (AvgIpc) is 3.20. The summed E-state index contributed by atoms with van der Waals surface area (Å²) in [7, 11) is 0. The molecule has 3 aromatic heterocycles. The number of thiazole rings is 1. The number of ether oxygens (including phenoxy) is 1. The van der Waals surface area contributed by atoms with Crippen molar-refractivity contribution in [2.75, 3.05) is 5.32 Å². The molecule has 0 spiro atoms. The Kier molecular flexibility index (Phi) is 6.23. The fraction of sp³-hybridized carbons (Fsp3) is 0.0476. The molecule has 0 aliphatic carbocycles. The van der Waals surface area contributed by atoms with E-state index >= 15 is 0 Å². The predicted octanol–water partition coefficient (Wildman–Crippen LogP) is 5.88. The van der Waals surface area contributed by atoms with Crippen molar-refractivity contribution in [1.82, 2.24) is 15.0 Å². The number of nitrogens with one attached hydrogen (secondary N) is 1. The largest absolute Gasteiger partial charge is 0.435 e. The van der Waals surface area contributed by atoms with Crippen molar-refractivity contribution in [1.29, 1.82) is 0 Å². The molecule has 1 N–H and O–H groups in total. The molecule has 0 fully saturated rings. The molecule has 1 aromatic carbocycles. The zero-order valence-corrected chi connectivity index (χ0v) is 17.7. The predicted molar refractivity (Wildman–Crippen MR) is 118 cm³/mol. The quantitative estimate of drug-likeness (QED) is 0.391. The molecule has 0 aliphatic rings. The Morgan fingerprint density at radius 2 is 2.00 bits per heavy atom. The van der Waals surface area contributed by atoms with Crippen LogP contribution in [-0.4, -0.2) is 20.9 Å². The lowest BCUT2D eigenvalue weighted by Gasteiger charge is -2.12. The van der Waals surface area contributed by atoms with Gasteiger partial charge in [-0.15, -0.1) is 11.3 Å². The van der Waals surface area contributed by atoms with E-state index in [4.69, 9.17) is 27.9 Å². The molecule has 0 radical (unpaired) electrons. The molecular formula is C21H14Cl2N4O2S. The minimum absolute atomic E-state index is 0.130. The summed E-state index contributed by atoms with van der Waals surface area (Å²) in [5.41, 5.74) is 2.09. The van der Waals surface area contributed by atoms with Gasteiger partial charge in [0.1, 0.15) is 10.0 Å². The smallest absolute Gasteiger partial charge is 0.238 e. The molecule has 1 amide bonds. The Morgan fingerprint density at radius 1 is 1.13 bits per heavy atom. The van der Waals surface area contributed by atoms with Crippen LogP contribution in [0, 0.1) is 0 Å². The van der Waals surface area contributed by atoms with Crippen molar-refractivity contribution in [3.63, 3.8) is 0 Å². The fourth-order valence-electron chi connectivity index (χ4n) is 2.61. The highest BCUT2D eigenvalue weighted by molar-refractivity contribution is 7.13. The van der Waals surface area contributed by atoms with Crippen LogP contribution in [0.4, 0.5) is 5.69 Å². The third-order valence-electron chi connectivity index (χ3n) is 3.94. The van der Waals surface area contributed by atoms with Crippen LogP contribution in [0.1, 0.15) is 5.69 Å². The summed E-state index contributed by atoms with van der Waals surface area (Å²) >= 11 is 13.5. The van der Waals surface area contributed by atoms with Crippen molar-refractivity contribution in [3.05, 3.63) is 82.2 Å². The number of rotatable bonds is 6. The first-order valence-corrected chi connectivity index (χ1v) is 10.4. The van der Waals surface area contributed by atoms with Crippen LogP contribution in [0.25, 0.3) is 10.6 Å². The van der Waals surface area contributed by atoms with Gasteiger partial charge in [-0.2, -0.15) is 0 Å². The number of benzene rings is 1. The summed E-state index contributed by atoms with van der Waals surface area (Å²) in [6.45, 7) is 0. The molecule has 0 atom stereocenters. The topological polar surface area (TPSA) is 77.0 Å². The van der Waals surface area contributed by atoms with E-state index in [-0.39, 0.29) is 23.2 Å². The first-order chi connectivity index (χ1) is 14.6. The molecule has 0 aliphatic heterocycles. The van der Waals surface area contributed by atoms with E-state index in [1.807, 2.05) is 17.5 Å². The van der Waals surface area contributed by atoms with E-state index in [0.29, 0.717) is 22.2 Å². The Morgan fingerprint density at radius 3 is 2.80 bits per heavy atom. The van der Waals surface area contributed by atoms with E-state index in [1.54, 1.807) is 36.7 Å². The maximum atomic E-state index is 12.6. The van der Waals surface area contributed by atoms with Gasteiger partial charge in [-0.3, -0.25) is 9.78 Å². The van der Waals surface area contributed by atoms with Crippen LogP contribution < -0.4 is 10.1 Å². The summed E-state index contributed by atoms with van der Waals surface area (Å²) in [5, 5.41) is 6.21. The Balaban J connectivity index is 1.46. The molecule has 4 rings (SSSR count). The standard InChI is InChI=1S/C21H14Cl2N4O2S/c22-14-8-16(23)20(25-11-14)29-18-6-2-1-5-17(18)27-19(28)9-15-12-30-21(26-15)13-4-3-7-24-10-13/h1-8,10-12H,9H2,(H,27,28). The number of carbonyl (C=O) groups excluding carboxylic acids is 1. The Hall–Kier alpha value is -3.00. The number of aromatic nitrogens is 3. The molecule has 3 heterocycles. The maximum absolute atomic E-state index is 12.6. The van der Waals surface area contributed by atoms with Crippen LogP contribution in [0.2, 0.25) is 10.0 Å². The highest BCUT2D eigenvalue weighted by Crippen LogP contribution is 2.33. The molecule has 30 heavy (non-hydrogen) atoms. The lowest BCUT2D eigenvalue weighted by molar-refractivity contribution is -0.115. The van der Waals surface area contributed by atoms with Gasteiger partial charge in [-0.25, -0.2) is 9.97 Å². The molecule has 9 heteroatoms. The van der Waals surface area contributed by atoms with E-state index in [2.05, 4.69) is 20.3 Å². The highest BCUT2D eigenvalue weighted by atomic mass is 35.5. The lowest BCUT2D eigenvalue weighted by Crippen LogP contribution is -2.15. The van der Waals surface area contributed by atoms with Gasteiger partial charge in [0.2, 0.25) is 11.8 Å². The van der Waals surface area contributed by atoms with Gasteiger partial charge in [0.15, 0.2) is 5.75 Å². The Bertz CT molecular complexity index is 1180. The number of para-hydroxylation sites is 2. The lowest BCUT2D eigenvalue weighted by atomic mass is 10.2. The van der Waals surface area contributed by atoms with Gasteiger partial charge in [-0.05, 0) is 30.3 Å². The van der Waals surface area contributed by atoms with Gasteiger partial charge >= 0.3 is 0 Å². The van der Waals surface area contributed by atoms with Crippen LogP contribution in [0.3, 0.4) is 0 Å². The van der Waals surface area contributed by atoms with E-state index in [1.165, 1.54) is 23.6 Å². The average molecular weight is 457 g/mol. The molecule has 150 valence electrons. The zero-order valence-electron chi connectivity index (χ0n) is 15.4. The van der Waals surface area contributed by atoms with Crippen LogP contribution >= 0.6 is 34.5 Å². The molecule has 0 saturated carbocycles. The first-order valence-electron chi connectivity index (χ1n) is 8.81. The third-order valence-corrected chi connectivity index (χ3v) is 5.36. The molecule has 4 aromatic rings. The molecule has 0 unspecified atom stereocenters. The summed E-state index contributed by atoms with van der Waals surface area (Å²) < 4.78 is 5.77. The van der Waals surface area contributed by atoms with Gasteiger partial charge in [0.25, 0.3) is 0 Å². The number of hydrogen-bond donors (Lipinski definition) is 1. The van der Waals surface area contributed by atoms with Crippen molar-refractivity contribution >= 4 is 46.1 Å². The van der Waals surface area contributed by atoms with Gasteiger partial charge < -0.3 is 10.1 Å². The van der Waals surface area contributed by atoms with E-state index in [0.717, 1.165) is 10.6 Å². The van der Waals surface area contributed by atoms with Gasteiger partial charge in [0.05, 0.1) is 22.8 Å². The van der Waals surface area contributed by atoms with Crippen LogP contribution in [-0.2, 0) is 11.2 Å². The SMILES string of the molecule is O=C(Cc1csc(-c2cccnc2)n1)Nc1ccccc1Oc1ncc(Cl)cc1Cl. The minimum atomic E-state index is -0.218. The number of amides is 1. The third kappa shape index (κ3) is 4.94. The second kappa shape index (κ2) is 9.21. The zero-order chi connectivity index (χ0) is 20.9. The van der Waals surface area contributed by atoms with Crippen molar-refractivity contribution < 1.29 is 9.53 Å². The number of nitrogens with zero attached hydrogens (tertiary/aromatic N) is 3. The summed E-state index contributed by atoms with van der Waals surface area (Å²) in [4.78, 5) is 25.3. The molecule has 0 saturated heterocycles.